The highest BCUT2D eigenvalue weighted by molar-refractivity contribution is 5.80. The van der Waals surface area contributed by atoms with E-state index in [0.29, 0.717) is 23.2 Å². The SMILES string of the molecule is C/C(Nc1ccc(F)cc1)=C(/C=N)Cc1cc(N)nc(N)c1N. The standard InChI is InChI=1S/C16H19FN6/c1-9(22-13-4-2-12(17)3-5-13)11(8-18)6-10-7-14(19)23-16(21)15(10)20/h2-5,7-8,18,22H,6,20H2,1H3,(H4,19,21,23)/b11-9-,18-8?. The van der Waals surface area contributed by atoms with Gasteiger partial charge in [0.15, 0.2) is 0 Å². The Hall–Kier alpha value is -3.09. The van der Waals surface area contributed by atoms with E-state index in [1.165, 1.54) is 18.3 Å². The van der Waals surface area contributed by atoms with E-state index in [9.17, 15) is 4.39 Å². The summed E-state index contributed by atoms with van der Waals surface area (Å²) in [5.41, 5.74) is 20.6. The summed E-state index contributed by atoms with van der Waals surface area (Å²) in [6, 6.07) is 7.61. The highest BCUT2D eigenvalue weighted by Crippen LogP contribution is 2.24. The van der Waals surface area contributed by atoms with Gasteiger partial charge in [-0.1, -0.05) is 0 Å². The second-order valence-corrected chi connectivity index (χ2v) is 5.11. The van der Waals surface area contributed by atoms with Crippen LogP contribution in [0, 0.1) is 11.2 Å². The number of anilines is 4. The molecule has 0 spiro atoms. The Labute approximate surface area is 133 Å². The monoisotopic (exact) mass is 314 g/mol. The maximum atomic E-state index is 12.9. The molecule has 7 heteroatoms. The Balaban J connectivity index is 2.27. The number of nitrogens with zero attached hydrogens (tertiary/aromatic N) is 1. The summed E-state index contributed by atoms with van der Waals surface area (Å²) in [5.74, 6) is 0.147. The highest BCUT2D eigenvalue weighted by Gasteiger charge is 2.10. The molecule has 2 aromatic rings. The molecular formula is C16H19FN6. The fourth-order valence-electron chi connectivity index (χ4n) is 2.13. The third kappa shape index (κ3) is 3.97. The molecule has 8 N–H and O–H groups in total. The van der Waals surface area contributed by atoms with Crippen LogP contribution in [0.15, 0.2) is 41.6 Å². The van der Waals surface area contributed by atoms with Crippen LogP contribution in [0.3, 0.4) is 0 Å². The van der Waals surface area contributed by atoms with Gasteiger partial charge in [-0.15, -0.1) is 0 Å². The first-order chi connectivity index (χ1) is 10.9. The second-order valence-electron chi connectivity index (χ2n) is 5.11. The van der Waals surface area contributed by atoms with Crippen LogP contribution in [-0.4, -0.2) is 11.2 Å². The molecular weight excluding hydrogens is 295 g/mol. The van der Waals surface area contributed by atoms with E-state index in [1.54, 1.807) is 18.2 Å². The van der Waals surface area contributed by atoms with Gasteiger partial charge in [0.05, 0.1) is 5.69 Å². The Kier molecular flexibility index (Phi) is 4.80. The maximum absolute atomic E-state index is 12.9. The van der Waals surface area contributed by atoms with Crippen molar-refractivity contribution in [1.29, 1.82) is 5.41 Å². The smallest absolute Gasteiger partial charge is 0.149 e. The molecule has 2 rings (SSSR count). The van der Waals surface area contributed by atoms with Gasteiger partial charge in [-0.2, -0.15) is 0 Å². The van der Waals surface area contributed by atoms with Gasteiger partial charge >= 0.3 is 0 Å². The van der Waals surface area contributed by atoms with Crippen molar-refractivity contribution in [3.63, 3.8) is 0 Å². The van der Waals surface area contributed by atoms with Gasteiger partial charge < -0.3 is 27.9 Å². The van der Waals surface area contributed by atoms with Crippen molar-refractivity contribution >= 4 is 29.2 Å². The van der Waals surface area contributed by atoms with E-state index in [1.807, 2.05) is 6.92 Å². The number of halogens is 1. The minimum Gasteiger partial charge on any atom is -0.396 e. The number of benzene rings is 1. The fourth-order valence-corrected chi connectivity index (χ4v) is 2.13. The lowest BCUT2D eigenvalue weighted by Gasteiger charge is -2.13. The first-order valence-corrected chi connectivity index (χ1v) is 6.94. The summed E-state index contributed by atoms with van der Waals surface area (Å²) in [6.45, 7) is 1.83. The van der Waals surface area contributed by atoms with Crippen molar-refractivity contribution in [2.75, 3.05) is 22.5 Å². The van der Waals surface area contributed by atoms with E-state index < -0.39 is 0 Å². The Bertz CT molecular complexity index is 752. The quantitative estimate of drug-likeness (QED) is 0.542. The second kappa shape index (κ2) is 6.78. The molecule has 0 unspecified atom stereocenters. The number of hydrogen-bond donors (Lipinski definition) is 5. The normalized spacial score (nSPS) is 11.7. The molecule has 0 bridgehead atoms. The van der Waals surface area contributed by atoms with E-state index in [2.05, 4.69) is 10.3 Å². The lowest BCUT2D eigenvalue weighted by atomic mass is 10.0. The molecule has 23 heavy (non-hydrogen) atoms. The summed E-state index contributed by atoms with van der Waals surface area (Å²) in [5, 5.41) is 10.7. The molecule has 1 aromatic carbocycles. The summed E-state index contributed by atoms with van der Waals surface area (Å²) in [4.78, 5) is 3.89. The molecule has 0 aliphatic heterocycles. The van der Waals surface area contributed by atoms with Crippen molar-refractivity contribution in [2.24, 2.45) is 0 Å². The Morgan fingerprint density at radius 2 is 1.91 bits per heavy atom. The lowest BCUT2D eigenvalue weighted by molar-refractivity contribution is 0.628. The van der Waals surface area contributed by atoms with Crippen molar-refractivity contribution in [3.05, 3.63) is 53.0 Å². The van der Waals surface area contributed by atoms with E-state index in [0.717, 1.165) is 11.4 Å². The first kappa shape index (κ1) is 16.3. The van der Waals surface area contributed by atoms with Gasteiger partial charge in [0.2, 0.25) is 0 Å². The molecule has 6 nitrogen and oxygen atoms in total. The van der Waals surface area contributed by atoms with Crippen molar-refractivity contribution < 1.29 is 4.39 Å². The Morgan fingerprint density at radius 3 is 2.52 bits per heavy atom. The summed E-state index contributed by atoms with van der Waals surface area (Å²) in [7, 11) is 0. The van der Waals surface area contributed by atoms with Gasteiger partial charge in [-0.25, -0.2) is 9.37 Å². The van der Waals surface area contributed by atoms with Gasteiger partial charge in [-0.3, -0.25) is 0 Å². The zero-order chi connectivity index (χ0) is 17.0. The molecule has 1 aromatic heterocycles. The third-order valence-electron chi connectivity index (χ3n) is 3.41. The minimum atomic E-state index is -0.306. The van der Waals surface area contributed by atoms with Crippen LogP contribution in [0.1, 0.15) is 12.5 Å². The molecule has 0 aliphatic rings. The van der Waals surface area contributed by atoms with Crippen LogP contribution in [0.25, 0.3) is 0 Å². The van der Waals surface area contributed by atoms with Crippen molar-refractivity contribution in [1.82, 2.24) is 4.98 Å². The minimum absolute atomic E-state index is 0.175. The number of aromatic nitrogens is 1. The Morgan fingerprint density at radius 1 is 1.26 bits per heavy atom. The lowest BCUT2D eigenvalue weighted by Crippen LogP contribution is -2.09. The van der Waals surface area contributed by atoms with Gasteiger partial charge in [-0.05, 0) is 48.4 Å². The molecule has 0 saturated carbocycles. The van der Waals surface area contributed by atoms with Crippen LogP contribution in [0.4, 0.5) is 27.4 Å². The zero-order valence-corrected chi connectivity index (χ0v) is 12.7. The summed E-state index contributed by atoms with van der Waals surface area (Å²) >= 11 is 0. The summed E-state index contributed by atoms with van der Waals surface area (Å²) < 4.78 is 12.9. The van der Waals surface area contributed by atoms with E-state index in [-0.39, 0.29) is 17.5 Å². The zero-order valence-electron chi connectivity index (χ0n) is 12.7. The fraction of sp³-hybridized carbons (Fsp3) is 0.125. The maximum Gasteiger partial charge on any atom is 0.149 e. The van der Waals surface area contributed by atoms with Gasteiger partial charge in [0, 0.05) is 24.0 Å². The van der Waals surface area contributed by atoms with Gasteiger partial charge in [0.25, 0.3) is 0 Å². The first-order valence-electron chi connectivity index (χ1n) is 6.94. The molecule has 0 saturated heterocycles. The summed E-state index contributed by atoms with van der Waals surface area (Å²) in [6.07, 6.45) is 1.62. The molecule has 1 heterocycles. The number of nitrogen functional groups attached to an aromatic ring is 3. The van der Waals surface area contributed by atoms with Crippen LogP contribution < -0.4 is 22.5 Å². The topological polar surface area (TPSA) is 127 Å². The molecule has 0 atom stereocenters. The molecule has 0 aliphatic carbocycles. The number of allylic oxidation sites excluding steroid dienone is 2. The number of rotatable bonds is 5. The average molecular weight is 314 g/mol. The van der Waals surface area contributed by atoms with Crippen molar-refractivity contribution in [3.8, 4) is 0 Å². The molecule has 0 amide bonds. The predicted octanol–water partition coefficient (Wildman–Crippen LogP) is 2.55. The van der Waals surface area contributed by atoms with Gasteiger partial charge in [0.1, 0.15) is 17.5 Å². The number of nitrogens with one attached hydrogen (secondary N) is 2. The predicted molar refractivity (Wildman–Crippen MR) is 92.7 cm³/mol. The van der Waals surface area contributed by atoms with Crippen LogP contribution in [0.5, 0.6) is 0 Å². The van der Waals surface area contributed by atoms with Crippen molar-refractivity contribution in [2.45, 2.75) is 13.3 Å². The highest BCUT2D eigenvalue weighted by atomic mass is 19.1. The number of pyridine rings is 1. The van der Waals surface area contributed by atoms with Crippen LogP contribution >= 0.6 is 0 Å². The average Bonchev–Trinajstić information content (AvgIpc) is 2.51. The number of hydrogen-bond acceptors (Lipinski definition) is 6. The third-order valence-corrected chi connectivity index (χ3v) is 3.41. The largest absolute Gasteiger partial charge is 0.396 e. The van der Waals surface area contributed by atoms with E-state index in [4.69, 9.17) is 22.6 Å². The molecule has 0 radical (unpaired) electrons. The van der Waals surface area contributed by atoms with Crippen LogP contribution in [-0.2, 0) is 6.42 Å². The van der Waals surface area contributed by atoms with E-state index >= 15 is 0 Å². The number of nitrogens with two attached hydrogens (primary N) is 3. The van der Waals surface area contributed by atoms with Crippen LogP contribution in [0.2, 0.25) is 0 Å². The molecule has 120 valence electrons. The molecule has 0 fully saturated rings.